The number of amides is 1. The molecule has 1 aliphatic heterocycles. The normalized spacial score (nSPS) is 17.0. The minimum absolute atomic E-state index is 0.0911. The summed E-state index contributed by atoms with van der Waals surface area (Å²) < 4.78 is 1.68. The second kappa shape index (κ2) is 5.89. The zero-order valence-electron chi connectivity index (χ0n) is 14.2. The van der Waals surface area contributed by atoms with Crippen LogP contribution in [-0.4, -0.2) is 60.8 Å². The minimum atomic E-state index is -0.0932. The zero-order chi connectivity index (χ0) is 17.4. The van der Waals surface area contributed by atoms with Crippen LogP contribution >= 0.6 is 0 Å². The van der Waals surface area contributed by atoms with Gasteiger partial charge in [-0.05, 0) is 32.0 Å². The molecule has 1 fully saturated rings. The monoisotopic (exact) mass is 337 g/mol. The summed E-state index contributed by atoms with van der Waals surface area (Å²) in [6, 6.07) is 5.32. The molecule has 0 aromatic carbocycles. The molecule has 25 heavy (non-hydrogen) atoms. The maximum Gasteiger partial charge on any atom is 0.274 e. The number of aromatic nitrogens is 5. The average molecular weight is 337 g/mol. The molecule has 0 spiro atoms. The number of rotatable bonds is 2. The number of hydrogen-bond acceptors (Lipinski definition) is 6. The van der Waals surface area contributed by atoms with E-state index in [0.717, 1.165) is 12.1 Å². The van der Waals surface area contributed by atoms with Crippen LogP contribution in [0.15, 0.2) is 36.8 Å². The first kappa shape index (κ1) is 15.6. The van der Waals surface area contributed by atoms with Crippen LogP contribution in [-0.2, 0) is 0 Å². The topological polar surface area (TPSA) is 88.3 Å². The predicted molar refractivity (Wildman–Crippen MR) is 92.0 cm³/mol. The van der Waals surface area contributed by atoms with Crippen molar-refractivity contribution in [2.24, 2.45) is 0 Å². The number of nitrogens with zero attached hydrogens (tertiary/aromatic N) is 6. The van der Waals surface area contributed by atoms with Gasteiger partial charge in [0.25, 0.3) is 5.91 Å². The van der Waals surface area contributed by atoms with E-state index in [-0.39, 0.29) is 11.4 Å². The summed E-state index contributed by atoms with van der Waals surface area (Å²) in [6.45, 7) is 6.26. The third-order valence-corrected chi connectivity index (χ3v) is 4.30. The quantitative estimate of drug-likeness (QED) is 0.751. The van der Waals surface area contributed by atoms with Gasteiger partial charge >= 0.3 is 0 Å². The third kappa shape index (κ3) is 2.96. The van der Waals surface area contributed by atoms with Gasteiger partial charge in [-0.1, -0.05) is 0 Å². The first-order chi connectivity index (χ1) is 12.0. The maximum absolute atomic E-state index is 12.7. The second-order valence-electron chi connectivity index (χ2n) is 6.79. The average Bonchev–Trinajstić information content (AvgIpc) is 3.04. The fourth-order valence-corrected chi connectivity index (χ4v) is 3.07. The van der Waals surface area contributed by atoms with E-state index in [1.165, 1.54) is 0 Å². The molecule has 1 amide bonds. The number of carbonyl (C=O) groups excluding carboxylic acids is 1. The Morgan fingerprint density at radius 3 is 2.92 bits per heavy atom. The maximum atomic E-state index is 12.7. The van der Waals surface area contributed by atoms with Gasteiger partial charge in [-0.15, -0.1) is 10.2 Å². The molecule has 4 rings (SSSR count). The van der Waals surface area contributed by atoms with Crippen molar-refractivity contribution in [3.05, 3.63) is 42.5 Å². The fraction of sp³-hybridized carbons (Fsp3) is 0.353. The molecule has 1 N–H and O–H groups in total. The Kier molecular flexibility index (Phi) is 3.69. The Hall–Kier alpha value is -2.87. The first-order valence-corrected chi connectivity index (χ1v) is 8.20. The summed E-state index contributed by atoms with van der Waals surface area (Å²) in [5.41, 5.74) is 2.40. The number of piperazine rings is 1. The molecule has 8 nitrogen and oxygen atoms in total. The van der Waals surface area contributed by atoms with Crippen molar-refractivity contribution in [2.75, 3.05) is 19.6 Å². The van der Waals surface area contributed by atoms with Gasteiger partial charge in [0.15, 0.2) is 11.3 Å². The van der Waals surface area contributed by atoms with E-state index in [0.29, 0.717) is 30.1 Å². The Morgan fingerprint density at radius 2 is 2.16 bits per heavy atom. The molecular weight excluding hydrogens is 318 g/mol. The van der Waals surface area contributed by atoms with Gasteiger partial charge in [-0.3, -0.25) is 4.79 Å². The van der Waals surface area contributed by atoms with Gasteiger partial charge in [-0.2, -0.15) is 5.10 Å². The van der Waals surface area contributed by atoms with Crippen molar-refractivity contribution in [3.8, 4) is 11.3 Å². The highest BCUT2D eigenvalue weighted by Gasteiger charge is 2.29. The summed E-state index contributed by atoms with van der Waals surface area (Å²) in [7, 11) is 0. The molecule has 8 heteroatoms. The van der Waals surface area contributed by atoms with E-state index in [1.807, 2.05) is 17.2 Å². The van der Waals surface area contributed by atoms with Crippen LogP contribution in [0.1, 0.15) is 24.3 Å². The summed E-state index contributed by atoms with van der Waals surface area (Å²) >= 11 is 0. The molecule has 0 unspecified atom stereocenters. The predicted octanol–water partition coefficient (Wildman–Crippen LogP) is 1.01. The Bertz CT molecular complexity index is 916. The lowest BCUT2D eigenvalue weighted by Crippen LogP contribution is -2.58. The van der Waals surface area contributed by atoms with Gasteiger partial charge < -0.3 is 10.2 Å². The van der Waals surface area contributed by atoms with Gasteiger partial charge in [0.1, 0.15) is 0 Å². The van der Waals surface area contributed by atoms with E-state index < -0.39 is 0 Å². The lowest BCUT2D eigenvalue weighted by atomic mass is 10.0. The Labute approximate surface area is 144 Å². The van der Waals surface area contributed by atoms with Gasteiger partial charge in [0, 0.05) is 37.6 Å². The zero-order valence-corrected chi connectivity index (χ0v) is 14.2. The molecule has 3 aromatic rings. The van der Waals surface area contributed by atoms with E-state index >= 15 is 0 Å². The van der Waals surface area contributed by atoms with Crippen LogP contribution in [0, 0.1) is 0 Å². The van der Waals surface area contributed by atoms with Gasteiger partial charge in [0.2, 0.25) is 0 Å². The molecule has 0 saturated carbocycles. The van der Waals surface area contributed by atoms with E-state index in [9.17, 15) is 4.79 Å². The molecule has 0 bridgehead atoms. The standard InChI is InChI=1S/C17H19N7O/c1-17(2)11-23(9-7-19-17)16(25)14-5-4-13(21-22-14)12-10-20-24-8-3-6-18-15(12)24/h3-6,8,10,19H,7,9,11H2,1-2H3. The van der Waals surface area contributed by atoms with Crippen molar-refractivity contribution in [1.29, 1.82) is 0 Å². The molecule has 128 valence electrons. The SMILES string of the molecule is CC1(C)CN(C(=O)c2ccc(-c3cnn4cccnc34)nn2)CCN1. The van der Waals surface area contributed by atoms with Crippen molar-refractivity contribution in [2.45, 2.75) is 19.4 Å². The summed E-state index contributed by atoms with van der Waals surface area (Å²) in [6.07, 6.45) is 5.23. The molecule has 4 heterocycles. The largest absolute Gasteiger partial charge is 0.334 e. The molecule has 0 atom stereocenters. The van der Waals surface area contributed by atoms with E-state index in [2.05, 4.69) is 39.4 Å². The third-order valence-electron chi connectivity index (χ3n) is 4.30. The summed E-state index contributed by atoms with van der Waals surface area (Å²) in [5.74, 6) is -0.0911. The minimum Gasteiger partial charge on any atom is -0.334 e. The summed E-state index contributed by atoms with van der Waals surface area (Å²) in [4.78, 5) is 18.8. The fourth-order valence-electron chi connectivity index (χ4n) is 3.07. The van der Waals surface area contributed by atoms with Crippen LogP contribution in [0.25, 0.3) is 16.9 Å². The van der Waals surface area contributed by atoms with Crippen LogP contribution < -0.4 is 5.32 Å². The van der Waals surface area contributed by atoms with Crippen molar-refractivity contribution >= 4 is 11.6 Å². The highest BCUT2D eigenvalue weighted by Crippen LogP contribution is 2.20. The van der Waals surface area contributed by atoms with Gasteiger partial charge in [-0.25, -0.2) is 9.50 Å². The number of carbonyl (C=O) groups is 1. The highest BCUT2D eigenvalue weighted by molar-refractivity contribution is 5.92. The Balaban J connectivity index is 1.59. The highest BCUT2D eigenvalue weighted by atomic mass is 16.2. The molecular formula is C17H19N7O. The first-order valence-electron chi connectivity index (χ1n) is 8.20. The van der Waals surface area contributed by atoms with Crippen LogP contribution in [0.4, 0.5) is 0 Å². The number of fused-ring (bicyclic) bond motifs is 1. The molecule has 1 saturated heterocycles. The lowest BCUT2D eigenvalue weighted by molar-refractivity contribution is 0.0645. The van der Waals surface area contributed by atoms with Crippen LogP contribution in [0.3, 0.4) is 0 Å². The molecule has 3 aromatic heterocycles. The Morgan fingerprint density at radius 1 is 1.28 bits per heavy atom. The smallest absolute Gasteiger partial charge is 0.274 e. The van der Waals surface area contributed by atoms with E-state index in [1.54, 1.807) is 29.0 Å². The van der Waals surface area contributed by atoms with Crippen molar-refractivity contribution < 1.29 is 4.79 Å². The van der Waals surface area contributed by atoms with E-state index in [4.69, 9.17) is 0 Å². The number of nitrogens with one attached hydrogen (secondary N) is 1. The molecule has 1 aliphatic rings. The van der Waals surface area contributed by atoms with Crippen molar-refractivity contribution in [3.63, 3.8) is 0 Å². The van der Waals surface area contributed by atoms with Gasteiger partial charge in [0.05, 0.1) is 17.5 Å². The lowest BCUT2D eigenvalue weighted by Gasteiger charge is -2.38. The molecule has 0 radical (unpaired) electrons. The second-order valence-corrected chi connectivity index (χ2v) is 6.79. The number of hydrogen-bond donors (Lipinski definition) is 1. The van der Waals surface area contributed by atoms with Crippen LogP contribution in [0.2, 0.25) is 0 Å². The van der Waals surface area contributed by atoms with Crippen molar-refractivity contribution in [1.82, 2.24) is 35.0 Å². The summed E-state index contributed by atoms with van der Waals surface area (Å²) in [5, 5.41) is 16.0. The molecule has 0 aliphatic carbocycles. The van der Waals surface area contributed by atoms with Crippen LogP contribution in [0.5, 0.6) is 0 Å².